The van der Waals surface area contributed by atoms with E-state index < -0.39 is 0 Å². The molecular weight excluding hydrogens is 372 g/mol. The Bertz CT molecular complexity index is 843. The molecule has 2 aromatic heterocycles. The van der Waals surface area contributed by atoms with Crippen LogP contribution in [0.5, 0.6) is 5.75 Å². The number of nitrogens with zero attached hydrogens (tertiary/aromatic N) is 1. The number of unbranched alkanes of at least 4 members (excludes halogenated alkanes) is 8. The zero-order valence-electron chi connectivity index (χ0n) is 18.3. The van der Waals surface area contributed by atoms with Gasteiger partial charge in [-0.1, -0.05) is 44.9 Å². The van der Waals surface area contributed by atoms with Gasteiger partial charge in [0.25, 0.3) is 0 Å². The Morgan fingerprint density at radius 3 is 2.37 bits per heavy atom. The van der Waals surface area contributed by atoms with Crippen LogP contribution in [0.4, 0.5) is 0 Å². The highest BCUT2D eigenvalue weighted by Crippen LogP contribution is 2.29. The maximum absolute atomic E-state index is 5.53. The normalized spacial score (nSPS) is 14.6. The summed E-state index contributed by atoms with van der Waals surface area (Å²) in [6.07, 6.45) is 21.0. The van der Waals surface area contributed by atoms with Crippen LogP contribution in [-0.4, -0.2) is 29.3 Å². The molecule has 3 rings (SSSR count). The SMILES string of the molecule is COc1cc(-c2ccc[nH]2)[nH]c1C=C1C=CC(CCCCCCCCCCCN)=N1. The molecular formula is C25H36N4O. The quantitative estimate of drug-likeness (QED) is 0.324. The fraction of sp³-hybridized carbons (Fsp3) is 0.480. The summed E-state index contributed by atoms with van der Waals surface area (Å²) >= 11 is 0. The fourth-order valence-electron chi connectivity index (χ4n) is 3.85. The van der Waals surface area contributed by atoms with E-state index in [2.05, 4.69) is 28.2 Å². The smallest absolute Gasteiger partial charge is 0.144 e. The Kier molecular flexibility index (Phi) is 9.04. The Labute approximate surface area is 180 Å². The summed E-state index contributed by atoms with van der Waals surface area (Å²) in [6.45, 7) is 0.836. The van der Waals surface area contributed by atoms with E-state index in [4.69, 9.17) is 15.5 Å². The van der Waals surface area contributed by atoms with Crippen molar-refractivity contribution in [1.29, 1.82) is 0 Å². The van der Waals surface area contributed by atoms with Gasteiger partial charge in [0.05, 0.1) is 29.9 Å². The van der Waals surface area contributed by atoms with Crippen molar-refractivity contribution in [2.75, 3.05) is 13.7 Å². The molecule has 162 valence electrons. The highest BCUT2D eigenvalue weighted by molar-refractivity contribution is 5.99. The molecule has 0 aliphatic carbocycles. The molecule has 3 heterocycles. The molecule has 5 nitrogen and oxygen atoms in total. The molecule has 5 heteroatoms. The first-order chi connectivity index (χ1) is 14.8. The van der Waals surface area contributed by atoms with Crippen LogP contribution in [0.2, 0.25) is 0 Å². The minimum Gasteiger partial charge on any atom is -0.494 e. The van der Waals surface area contributed by atoms with Gasteiger partial charge < -0.3 is 20.4 Å². The monoisotopic (exact) mass is 408 g/mol. The standard InChI is InChI=1S/C25H36N4O/c1-30-25-19-23(22-13-11-17-27-22)29-24(25)18-21-15-14-20(28-21)12-9-7-5-3-2-4-6-8-10-16-26/h11,13-15,17-19,27,29H,2-10,12,16,26H2,1H3. The number of hydrogen-bond donors (Lipinski definition) is 3. The Balaban J connectivity index is 1.41. The van der Waals surface area contributed by atoms with Gasteiger partial charge in [0.15, 0.2) is 0 Å². The molecule has 0 amide bonds. The summed E-state index contributed by atoms with van der Waals surface area (Å²) < 4.78 is 5.53. The third-order valence-electron chi connectivity index (χ3n) is 5.57. The van der Waals surface area contributed by atoms with Gasteiger partial charge in [-0.25, -0.2) is 0 Å². The van der Waals surface area contributed by atoms with E-state index in [0.717, 1.165) is 41.5 Å². The summed E-state index contributed by atoms with van der Waals surface area (Å²) in [5, 5.41) is 0. The van der Waals surface area contributed by atoms with E-state index in [0.29, 0.717) is 0 Å². The zero-order chi connectivity index (χ0) is 21.0. The molecule has 4 N–H and O–H groups in total. The summed E-state index contributed by atoms with van der Waals surface area (Å²) in [7, 11) is 1.70. The molecule has 30 heavy (non-hydrogen) atoms. The molecule has 0 spiro atoms. The van der Waals surface area contributed by atoms with Gasteiger partial charge >= 0.3 is 0 Å². The van der Waals surface area contributed by atoms with Crippen molar-refractivity contribution in [3.05, 3.63) is 47.9 Å². The molecule has 0 saturated heterocycles. The van der Waals surface area contributed by atoms with Crippen LogP contribution in [0.25, 0.3) is 17.5 Å². The van der Waals surface area contributed by atoms with Gasteiger partial charge in [0.1, 0.15) is 5.75 Å². The summed E-state index contributed by atoms with van der Waals surface area (Å²) in [5.74, 6) is 0.826. The van der Waals surface area contributed by atoms with Crippen molar-refractivity contribution in [3.63, 3.8) is 0 Å². The first kappa shape index (κ1) is 22.2. The number of allylic oxidation sites excluding steroid dienone is 2. The minimum atomic E-state index is 0.826. The zero-order valence-corrected chi connectivity index (χ0v) is 18.3. The topological polar surface area (TPSA) is 79.2 Å². The van der Waals surface area contributed by atoms with E-state index >= 15 is 0 Å². The van der Waals surface area contributed by atoms with Crippen molar-refractivity contribution in [2.24, 2.45) is 10.7 Å². The number of hydrogen-bond acceptors (Lipinski definition) is 3. The van der Waals surface area contributed by atoms with Crippen molar-refractivity contribution >= 4 is 11.8 Å². The number of aromatic amines is 2. The van der Waals surface area contributed by atoms with Crippen molar-refractivity contribution in [2.45, 2.75) is 64.2 Å². The van der Waals surface area contributed by atoms with Gasteiger partial charge in [-0.3, -0.25) is 4.99 Å². The molecule has 0 radical (unpaired) electrons. The average molecular weight is 409 g/mol. The molecule has 0 fully saturated rings. The fourth-order valence-corrected chi connectivity index (χ4v) is 3.85. The van der Waals surface area contributed by atoms with Crippen LogP contribution in [0.15, 0.2) is 47.2 Å². The number of methoxy groups -OCH3 is 1. The summed E-state index contributed by atoms with van der Waals surface area (Å²) in [5.41, 5.74) is 10.7. The summed E-state index contributed by atoms with van der Waals surface area (Å²) in [4.78, 5) is 11.4. The lowest BCUT2D eigenvalue weighted by Crippen LogP contribution is -1.97. The predicted octanol–water partition coefficient (Wildman–Crippen LogP) is 6.23. The van der Waals surface area contributed by atoms with Gasteiger partial charge in [0, 0.05) is 18.0 Å². The lowest BCUT2D eigenvalue weighted by molar-refractivity contribution is 0.414. The molecule has 0 saturated carbocycles. The molecule has 0 bridgehead atoms. The van der Waals surface area contributed by atoms with Crippen molar-refractivity contribution in [1.82, 2.24) is 9.97 Å². The lowest BCUT2D eigenvalue weighted by atomic mass is 10.1. The highest BCUT2D eigenvalue weighted by Gasteiger charge is 2.11. The largest absolute Gasteiger partial charge is 0.494 e. The van der Waals surface area contributed by atoms with Gasteiger partial charge in [-0.05, 0) is 56.2 Å². The Morgan fingerprint density at radius 2 is 1.70 bits per heavy atom. The molecule has 1 aliphatic heterocycles. The maximum atomic E-state index is 5.53. The highest BCUT2D eigenvalue weighted by atomic mass is 16.5. The average Bonchev–Trinajstić information content (AvgIpc) is 3.50. The third kappa shape index (κ3) is 6.77. The molecule has 0 aromatic carbocycles. The maximum Gasteiger partial charge on any atom is 0.144 e. The van der Waals surface area contributed by atoms with Gasteiger partial charge in [-0.2, -0.15) is 0 Å². The third-order valence-corrected chi connectivity index (χ3v) is 5.57. The lowest BCUT2D eigenvalue weighted by Gasteiger charge is -2.02. The number of H-pyrrole nitrogens is 2. The number of nitrogens with two attached hydrogens (primary N) is 1. The second kappa shape index (κ2) is 12.2. The van der Waals surface area contributed by atoms with Gasteiger partial charge in [-0.15, -0.1) is 0 Å². The van der Waals surface area contributed by atoms with E-state index in [1.165, 1.54) is 63.5 Å². The second-order valence-electron chi connectivity index (χ2n) is 7.98. The van der Waals surface area contributed by atoms with E-state index in [9.17, 15) is 0 Å². The first-order valence-electron chi connectivity index (χ1n) is 11.4. The molecule has 0 atom stereocenters. The van der Waals surface area contributed by atoms with E-state index in [1.807, 2.05) is 24.4 Å². The Morgan fingerprint density at radius 1 is 0.967 bits per heavy atom. The van der Waals surface area contributed by atoms with Crippen LogP contribution in [0, 0.1) is 0 Å². The van der Waals surface area contributed by atoms with Crippen LogP contribution in [-0.2, 0) is 0 Å². The number of nitrogens with one attached hydrogen (secondary N) is 2. The molecule has 1 aliphatic rings. The number of aliphatic imine (C=N–C) groups is 1. The summed E-state index contributed by atoms with van der Waals surface area (Å²) in [6, 6.07) is 6.04. The van der Waals surface area contributed by atoms with Gasteiger partial charge in [0.2, 0.25) is 0 Å². The van der Waals surface area contributed by atoms with Crippen LogP contribution in [0.1, 0.15) is 69.9 Å². The van der Waals surface area contributed by atoms with Crippen LogP contribution < -0.4 is 10.5 Å². The minimum absolute atomic E-state index is 0.826. The van der Waals surface area contributed by atoms with Crippen molar-refractivity contribution in [3.8, 4) is 17.1 Å². The predicted molar refractivity (Wildman–Crippen MR) is 127 cm³/mol. The van der Waals surface area contributed by atoms with Crippen LogP contribution in [0.3, 0.4) is 0 Å². The molecule has 0 unspecified atom stereocenters. The van der Waals surface area contributed by atoms with E-state index in [-0.39, 0.29) is 0 Å². The molecule has 2 aromatic rings. The van der Waals surface area contributed by atoms with Crippen LogP contribution >= 0.6 is 0 Å². The number of rotatable bonds is 14. The second-order valence-corrected chi connectivity index (χ2v) is 7.98. The van der Waals surface area contributed by atoms with E-state index in [1.54, 1.807) is 7.11 Å². The first-order valence-corrected chi connectivity index (χ1v) is 11.4. The number of aromatic nitrogens is 2. The van der Waals surface area contributed by atoms with Crippen molar-refractivity contribution < 1.29 is 4.74 Å². The number of ether oxygens (including phenoxy) is 1. The Hall–Kier alpha value is -2.53.